The zero-order valence-electron chi connectivity index (χ0n) is 13.8. The number of H-pyrrole nitrogens is 1. The first-order chi connectivity index (χ1) is 11.8. The molecular weight excluding hydrogens is 322 g/mol. The summed E-state index contributed by atoms with van der Waals surface area (Å²) in [4.78, 5) is 15.9. The molecule has 1 fully saturated rings. The van der Waals surface area contributed by atoms with Gasteiger partial charge in [0.25, 0.3) is 0 Å². The van der Waals surface area contributed by atoms with E-state index in [4.69, 9.17) is 4.74 Å². The van der Waals surface area contributed by atoms with E-state index in [1.54, 1.807) is 0 Å². The van der Waals surface area contributed by atoms with Crippen molar-refractivity contribution < 1.29 is 9.53 Å². The highest BCUT2D eigenvalue weighted by Crippen LogP contribution is 2.44. The highest BCUT2D eigenvalue weighted by atomic mass is 32.1. The SMILES string of the molecule is O=C(CCCc1cn[nH]c1)N1CCC2(CC1)OCCc1ccsc12. The van der Waals surface area contributed by atoms with Gasteiger partial charge in [0, 0.05) is 30.6 Å². The van der Waals surface area contributed by atoms with E-state index in [1.807, 2.05) is 28.6 Å². The lowest BCUT2D eigenvalue weighted by molar-refractivity contribution is -0.140. The number of aromatic amines is 1. The number of amides is 1. The van der Waals surface area contributed by atoms with Crippen molar-refractivity contribution in [2.24, 2.45) is 0 Å². The first-order valence-electron chi connectivity index (χ1n) is 8.73. The molecule has 0 unspecified atom stereocenters. The van der Waals surface area contributed by atoms with E-state index in [0.29, 0.717) is 6.42 Å². The molecule has 128 valence electrons. The van der Waals surface area contributed by atoms with Crippen LogP contribution in [0.1, 0.15) is 41.7 Å². The number of piperidine rings is 1. The lowest BCUT2D eigenvalue weighted by Gasteiger charge is -2.43. The number of thiophene rings is 1. The Balaban J connectivity index is 1.31. The Hall–Kier alpha value is -1.66. The van der Waals surface area contributed by atoms with Crippen molar-refractivity contribution in [3.8, 4) is 0 Å². The maximum Gasteiger partial charge on any atom is 0.222 e. The van der Waals surface area contributed by atoms with Crippen molar-refractivity contribution >= 4 is 17.2 Å². The summed E-state index contributed by atoms with van der Waals surface area (Å²) in [7, 11) is 0. The predicted octanol–water partition coefficient (Wildman–Crippen LogP) is 2.88. The molecule has 2 aliphatic heterocycles. The van der Waals surface area contributed by atoms with Crippen LogP contribution in [0.2, 0.25) is 0 Å². The van der Waals surface area contributed by atoms with Crippen molar-refractivity contribution in [3.63, 3.8) is 0 Å². The van der Waals surface area contributed by atoms with Crippen LogP contribution in [-0.4, -0.2) is 40.7 Å². The lowest BCUT2D eigenvalue weighted by Crippen LogP contribution is -2.47. The van der Waals surface area contributed by atoms with E-state index in [1.165, 1.54) is 16.0 Å². The molecule has 1 saturated heterocycles. The van der Waals surface area contributed by atoms with Crippen LogP contribution < -0.4 is 0 Å². The second kappa shape index (κ2) is 6.69. The highest BCUT2D eigenvalue weighted by Gasteiger charge is 2.42. The van der Waals surface area contributed by atoms with Crippen LogP contribution in [-0.2, 0) is 28.0 Å². The minimum absolute atomic E-state index is 0.130. The van der Waals surface area contributed by atoms with E-state index >= 15 is 0 Å². The third-order valence-electron chi connectivity index (χ3n) is 5.25. The maximum atomic E-state index is 12.5. The van der Waals surface area contributed by atoms with Crippen LogP contribution >= 0.6 is 11.3 Å². The number of carbonyl (C=O) groups excluding carboxylic acids is 1. The molecule has 2 aromatic rings. The molecule has 6 heteroatoms. The fourth-order valence-electron chi connectivity index (χ4n) is 3.86. The zero-order chi connectivity index (χ0) is 16.4. The Labute approximate surface area is 146 Å². The normalized spacial score (nSPS) is 19.4. The quantitative estimate of drug-likeness (QED) is 0.927. The average molecular weight is 345 g/mol. The number of nitrogens with one attached hydrogen (secondary N) is 1. The number of hydrogen-bond acceptors (Lipinski definition) is 4. The summed E-state index contributed by atoms with van der Waals surface area (Å²) in [6, 6.07) is 2.23. The van der Waals surface area contributed by atoms with Gasteiger partial charge in [0.15, 0.2) is 0 Å². The van der Waals surface area contributed by atoms with Gasteiger partial charge in [0.05, 0.1) is 12.8 Å². The van der Waals surface area contributed by atoms with E-state index in [0.717, 1.165) is 51.8 Å². The molecule has 0 saturated carbocycles. The van der Waals surface area contributed by atoms with Gasteiger partial charge in [-0.05, 0) is 54.7 Å². The number of carbonyl (C=O) groups is 1. The minimum atomic E-state index is -0.130. The summed E-state index contributed by atoms with van der Waals surface area (Å²) in [5.41, 5.74) is 2.49. The number of rotatable bonds is 4. The van der Waals surface area contributed by atoms with Crippen LogP contribution in [0.4, 0.5) is 0 Å². The second-order valence-electron chi connectivity index (χ2n) is 6.71. The van der Waals surface area contributed by atoms with Crippen LogP contribution in [0.15, 0.2) is 23.8 Å². The Bertz CT molecular complexity index is 687. The summed E-state index contributed by atoms with van der Waals surface area (Å²) in [5.74, 6) is 0.274. The van der Waals surface area contributed by atoms with E-state index in [-0.39, 0.29) is 11.5 Å². The monoisotopic (exact) mass is 345 g/mol. The van der Waals surface area contributed by atoms with Crippen molar-refractivity contribution in [1.82, 2.24) is 15.1 Å². The fourth-order valence-corrected chi connectivity index (χ4v) is 5.03. The number of ether oxygens (including phenoxy) is 1. The molecule has 5 nitrogen and oxygen atoms in total. The Morgan fingerprint density at radius 1 is 1.42 bits per heavy atom. The molecule has 2 aliphatic rings. The molecule has 1 spiro atoms. The van der Waals surface area contributed by atoms with Gasteiger partial charge in [0.2, 0.25) is 5.91 Å². The number of fused-ring (bicyclic) bond motifs is 2. The van der Waals surface area contributed by atoms with Crippen molar-refractivity contribution in [3.05, 3.63) is 39.8 Å². The molecule has 4 heterocycles. The molecule has 4 rings (SSSR count). The fraction of sp³-hybridized carbons (Fsp3) is 0.556. The summed E-state index contributed by atoms with van der Waals surface area (Å²) in [5, 5.41) is 8.93. The number of hydrogen-bond donors (Lipinski definition) is 1. The minimum Gasteiger partial charge on any atom is -0.369 e. The van der Waals surface area contributed by atoms with Gasteiger partial charge in [-0.15, -0.1) is 11.3 Å². The van der Waals surface area contributed by atoms with Crippen LogP contribution in [0.3, 0.4) is 0 Å². The average Bonchev–Trinajstić information content (AvgIpc) is 3.27. The smallest absolute Gasteiger partial charge is 0.222 e. The second-order valence-corrected chi connectivity index (χ2v) is 7.62. The third-order valence-corrected chi connectivity index (χ3v) is 6.39. The van der Waals surface area contributed by atoms with E-state index in [2.05, 4.69) is 21.6 Å². The summed E-state index contributed by atoms with van der Waals surface area (Å²) in [6.07, 6.45) is 9.00. The molecule has 0 radical (unpaired) electrons. The van der Waals surface area contributed by atoms with Crippen LogP contribution in [0.5, 0.6) is 0 Å². The van der Waals surface area contributed by atoms with Gasteiger partial charge in [-0.3, -0.25) is 9.89 Å². The van der Waals surface area contributed by atoms with Crippen molar-refractivity contribution in [1.29, 1.82) is 0 Å². The molecule has 0 aromatic carbocycles. The van der Waals surface area contributed by atoms with Gasteiger partial charge in [0.1, 0.15) is 5.60 Å². The largest absolute Gasteiger partial charge is 0.369 e. The number of nitrogens with zero attached hydrogens (tertiary/aromatic N) is 2. The van der Waals surface area contributed by atoms with Gasteiger partial charge < -0.3 is 9.64 Å². The first-order valence-corrected chi connectivity index (χ1v) is 9.61. The van der Waals surface area contributed by atoms with Gasteiger partial charge in [-0.25, -0.2) is 0 Å². The van der Waals surface area contributed by atoms with Gasteiger partial charge in [-0.2, -0.15) is 5.10 Å². The molecule has 0 bridgehead atoms. The standard InChI is InChI=1S/C18H23N3O2S/c22-16(3-1-2-14-12-19-20-13-14)21-8-6-18(7-9-21)17-15(4-10-23-18)5-11-24-17/h5,11-13H,1-4,6-10H2,(H,19,20). The Morgan fingerprint density at radius 3 is 3.08 bits per heavy atom. The molecule has 0 aliphatic carbocycles. The summed E-state index contributed by atoms with van der Waals surface area (Å²) >= 11 is 1.82. The lowest BCUT2D eigenvalue weighted by atomic mass is 9.85. The maximum absolute atomic E-state index is 12.5. The molecule has 2 aromatic heterocycles. The number of aryl methyl sites for hydroxylation is 1. The molecule has 1 N–H and O–H groups in total. The Morgan fingerprint density at radius 2 is 2.29 bits per heavy atom. The molecular formula is C18H23N3O2S. The van der Waals surface area contributed by atoms with E-state index in [9.17, 15) is 4.79 Å². The van der Waals surface area contributed by atoms with Crippen molar-refractivity contribution in [2.45, 2.75) is 44.1 Å². The Kier molecular flexibility index (Phi) is 4.41. The third kappa shape index (κ3) is 3.00. The predicted molar refractivity (Wildman–Crippen MR) is 93.0 cm³/mol. The summed E-state index contributed by atoms with van der Waals surface area (Å²) < 4.78 is 6.21. The van der Waals surface area contributed by atoms with Gasteiger partial charge >= 0.3 is 0 Å². The molecule has 24 heavy (non-hydrogen) atoms. The summed E-state index contributed by atoms with van der Waals surface area (Å²) in [6.45, 7) is 2.42. The van der Waals surface area contributed by atoms with Crippen molar-refractivity contribution in [2.75, 3.05) is 19.7 Å². The number of likely N-dealkylation sites (tertiary alicyclic amines) is 1. The molecule has 0 atom stereocenters. The van der Waals surface area contributed by atoms with Crippen LogP contribution in [0.25, 0.3) is 0 Å². The van der Waals surface area contributed by atoms with E-state index < -0.39 is 0 Å². The topological polar surface area (TPSA) is 58.2 Å². The zero-order valence-corrected chi connectivity index (χ0v) is 14.6. The number of aromatic nitrogens is 2. The van der Waals surface area contributed by atoms with Gasteiger partial charge in [-0.1, -0.05) is 0 Å². The molecule has 1 amide bonds. The highest BCUT2D eigenvalue weighted by molar-refractivity contribution is 7.10. The first kappa shape index (κ1) is 15.8. The van der Waals surface area contributed by atoms with Crippen LogP contribution in [0, 0.1) is 0 Å².